The molecule has 2 aromatic rings. The minimum Gasteiger partial charge on any atom is -0.490 e. The molecule has 5 heteroatoms. The van der Waals surface area contributed by atoms with E-state index in [4.69, 9.17) is 21.1 Å². The molecule has 0 unspecified atom stereocenters. The highest BCUT2D eigenvalue weighted by molar-refractivity contribution is 6.30. The number of halogens is 1. The third-order valence-electron chi connectivity index (χ3n) is 4.81. The van der Waals surface area contributed by atoms with Gasteiger partial charge in [0.15, 0.2) is 11.5 Å². The summed E-state index contributed by atoms with van der Waals surface area (Å²) in [5.74, 6) is 2.33. The Kier molecular flexibility index (Phi) is 7.81. The van der Waals surface area contributed by atoms with Crippen LogP contribution in [-0.2, 0) is 13.2 Å². The molecule has 0 atom stereocenters. The molecule has 3 rings (SSSR count). The van der Waals surface area contributed by atoms with E-state index in [0.29, 0.717) is 13.2 Å². The van der Waals surface area contributed by atoms with Gasteiger partial charge in [-0.1, -0.05) is 29.8 Å². The zero-order valence-electron chi connectivity index (χ0n) is 16.0. The minimum atomic E-state index is 0.466. The maximum atomic E-state index is 6.04. The van der Waals surface area contributed by atoms with Crippen molar-refractivity contribution in [1.29, 1.82) is 0 Å². The fourth-order valence-corrected chi connectivity index (χ4v) is 3.56. The average Bonchev–Trinajstić information content (AvgIpc) is 2.68. The molecular weight excluding hydrogens is 360 g/mol. The average molecular weight is 389 g/mol. The lowest BCUT2D eigenvalue weighted by Crippen LogP contribution is -2.33. The van der Waals surface area contributed by atoms with Crippen molar-refractivity contribution >= 4 is 11.6 Å². The lowest BCUT2D eigenvalue weighted by Gasteiger charge is -2.23. The standard InChI is InChI=1S/C22H29ClN2O2/c1-2-26-22-13-18(15-25-14-17-8-10-24-11-9-17)6-7-21(22)27-16-19-4-3-5-20(23)12-19/h3-7,12-13,17,24-25H,2,8-11,14-16H2,1H3. The maximum Gasteiger partial charge on any atom is 0.161 e. The molecule has 2 aromatic carbocycles. The van der Waals surface area contributed by atoms with Crippen LogP contribution in [0.2, 0.25) is 5.02 Å². The molecule has 4 nitrogen and oxygen atoms in total. The smallest absolute Gasteiger partial charge is 0.161 e. The van der Waals surface area contributed by atoms with E-state index in [9.17, 15) is 0 Å². The summed E-state index contributed by atoms with van der Waals surface area (Å²) in [5, 5.41) is 7.72. The number of rotatable bonds is 9. The van der Waals surface area contributed by atoms with E-state index in [1.807, 2.05) is 37.3 Å². The summed E-state index contributed by atoms with van der Waals surface area (Å²) >= 11 is 6.04. The van der Waals surface area contributed by atoms with Gasteiger partial charge in [0.1, 0.15) is 6.61 Å². The molecule has 27 heavy (non-hydrogen) atoms. The number of hydrogen-bond acceptors (Lipinski definition) is 4. The van der Waals surface area contributed by atoms with Crippen LogP contribution in [0.4, 0.5) is 0 Å². The van der Waals surface area contributed by atoms with Crippen molar-refractivity contribution in [2.75, 3.05) is 26.2 Å². The molecule has 0 radical (unpaired) electrons. The Labute approximate surface area is 167 Å². The van der Waals surface area contributed by atoms with Gasteiger partial charge in [-0.05, 0) is 80.7 Å². The van der Waals surface area contributed by atoms with Gasteiger partial charge in [-0.15, -0.1) is 0 Å². The molecule has 1 fully saturated rings. The summed E-state index contributed by atoms with van der Waals surface area (Å²) in [5.41, 5.74) is 2.25. The zero-order chi connectivity index (χ0) is 18.9. The Hall–Kier alpha value is -1.75. The van der Waals surface area contributed by atoms with Gasteiger partial charge in [-0.25, -0.2) is 0 Å². The first-order valence-electron chi connectivity index (χ1n) is 9.79. The van der Waals surface area contributed by atoms with Crippen molar-refractivity contribution < 1.29 is 9.47 Å². The van der Waals surface area contributed by atoms with Gasteiger partial charge in [0.2, 0.25) is 0 Å². The maximum absolute atomic E-state index is 6.04. The van der Waals surface area contributed by atoms with Crippen LogP contribution < -0.4 is 20.1 Å². The monoisotopic (exact) mass is 388 g/mol. The van der Waals surface area contributed by atoms with Crippen LogP contribution in [0.5, 0.6) is 11.5 Å². The van der Waals surface area contributed by atoms with Gasteiger partial charge in [-0.3, -0.25) is 0 Å². The van der Waals surface area contributed by atoms with Gasteiger partial charge >= 0.3 is 0 Å². The van der Waals surface area contributed by atoms with Crippen molar-refractivity contribution in [1.82, 2.24) is 10.6 Å². The van der Waals surface area contributed by atoms with Crippen LogP contribution in [0.3, 0.4) is 0 Å². The van der Waals surface area contributed by atoms with Crippen LogP contribution in [0, 0.1) is 5.92 Å². The van der Waals surface area contributed by atoms with E-state index < -0.39 is 0 Å². The summed E-state index contributed by atoms with van der Waals surface area (Å²) in [6.45, 7) is 7.26. The highest BCUT2D eigenvalue weighted by Gasteiger charge is 2.12. The second-order valence-electron chi connectivity index (χ2n) is 6.96. The van der Waals surface area contributed by atoms with Crippen LogP contribution in [0.15, 0.2) is 42.5 Å². The Morgan fingerprint density at radius 1 is 1.04 bits per heavy atom. The molecule has 146 valence electrons. The summed E-state index contributed by atoms with van der Waals surface area (Å²) < 4.78 is 11.8. The van der Waals surface area contributed by atoms with E-state index in [2.05, 4.69) is 22.8 Å². The Bertz CT molecular complexity index is 717. The first kappa shape index (κ1) is 20.0. The molecule has 0 spiro atoms. The van der Waals surface area contributed by atoms with Gasteiger partial charge in [0.05, 0.1) is 6.61 Å². The Morgan fingerprint density at radius 2 is 1.89 bits per heavy atom. The minimum absolute atomic E-state index is 0.466. The number of hydrogen-bond donors (Lipinski definition) is 2. The molecule has 2 N–H and O–H groups in total. The summed E-state index contributed by atoms with van der Waals surface area (Å²) in [6.07, 6.45) is 2.51. The lowest BCUT2D eigenvalue weighted by atomic mass is 9.98. The Balaban J connectivity index is 1.56. The van der Waals surface area contributed by atoms with Crippen molar-refractivity contribution in [3.8, 4) is 11.5 Å². The normalized spacial score (nSPS) is 14.9. The first-order valence-corrected chi connectivity index (χ1v) is 10.2. The molecule has 0 amide bonds. The van der Waals surface area contributed by atoms with Crippen molar-refractivity contribution in [2.24, 2.45) is 5.92 Å². The van der Waals surface area contributed by atoms with Crippen LogP contribution >= 0.6 is 11.6 Å². The third kappa shape index (κ3) is 6.42. The van der Waals surface area contributed by atoms with Gasteiger partial charge in [-0.2, -0.15) is 0 Å². The molecule has 1 aliphatic rings. The van der Waals surface area contributed by atoms with Gasteiger partial charge < -0.3 is 20.1 Å². The lowest BCUT2D eigenvalue weighted by molar-refractivity contribution is 0.269. The highest BCUT2D eigenvalue weighted by atomic mass is 35.5. The predicted molar refractivity (Wildman–Crippen MR) is 111 cm³/mol. The summed E-state index contributed by atoms with van der Waals surface area (Å²) in [4.78, 5) is 0. The SMILES string of the molecule is CCOc1cc(CNCC2CCNCC2)ccc1OCc1cccc(Cl)c1. The second-order valence-corrected chi connectivity index (χ2v) is 7.39. The van der Waals surface area contributed by atoms with E-state index in [1.165, 1.54) is 18.4 Å². The molecule has 1 aliphatic heterocycles. The number of ether oxygens (including phenoxy) is 2. The topological polar surface area (TPSA) is 42.5 Å². The van der Waals surface area contributed by atoms with Crippen molar-refractivity contribution in [2.45, 2.75) is 32.9 Å². The largest absolute Gasteiger partial charge is 0.490 e. The third-order valence-corrected chi connectivity index (χ3v) is 5.05. The van der Waals surface area contributed by atoms with Crippen molar-refractivity contribution in [3.63, 3.8) is 0 Å². The number of nitrogens with one attached hydrogen (secondary N) is 2. The van der Waals surface area contributed by atoms with E-state index in [-0.39, 0.29) is 0 Å². The zero-order valence-corrected chi connectivity index (χ0v) is 16.7. The fourth-order valence-electron chi connectivity index (χ4n) is 3.34. The van der Waals surface area contributed by atoms with E-state index in [1.54, 1.807) is 0 Å². The van der Waals surface area contributed by atoms with E-state index >= 15 is 0 Å². The van der Waals surface area contributed by atoms with Crippen LogP contribution in [0.1, 0.15) is 30.9 Å². The fraction of sp³-hybridized carbons (Fsp3) is 0.455. The molecule has 0 aromatic heterocycles. The predicted octanol–water partition coefficient (Wildman–Crippen LogP) is 4.41. The Morgan fingerprint density at radius 3 is 2.67 bits per heavy atom. The van der Waals surface area contributed by atoms with Crippen LogP contribution in [-0.4, -0.2) is 26.2 Å². The first-order chi connectivity index (χ1) is 13.2. The quantitative estimate of drug-likeness (QED) is 0.667. The molecule has 0 bridgehead atoms. The molecule has 0 aliphatic carbocycles. The molecule has 0 saturated carbocycles. The molecule has 1 saturated heterocycles. The second kappa shape index (κ2) is 10.5. The molecular formula is C22H29ClN2O2. The van der Waals surface area contributed by atoms with Gasteiger partial charge in [0.25, 0.3) is 0 Å². The summed E-state index contributed by atoms with van der Waals surface area (Å²) in [6, 6.07) is 13.9. The van der Waals surface area contributed by atoms with Crippen molar-refractivity contribution in [3.05, 3.63) is 58.6 Å². The van der Waals surface area contributed by atoms with Gasteiger partial charge in [0, 0.05) is 11.6 Å². The number of benzene rings is 2. The summed E-state index contributed by atoms with van der Waals surface area (Å²) in [7, 11) is 0. The molecule has 1 heterocycles. The van der Waals surface area contributed by atoms with Crippen LogP contribution in [0.25, 0.3) is 0 Å². The number of piperidine rings is 1. The highest BCUT2D eigenvalue weighted by Crippen LogP contribution is 2.29. The van der Waals surface area contributed by atoms with E-state index in [0.717, 1.165) is 54.2 Å².